The second-order valence-corrected chi connectivity index (χ2v) is 16.9. The van der Waals surface area contributed by atoms with E-state index < -0.39 is 0 Å². The quantitative estimate of drug-likeness (QED) is 0.174. The van der Waals surface area contributed by atoms with Crippen molar-refractivity contribution in [1.82, 2.24) is 15.0 Å². The summed E-state index contributed by atoms with van der Waals surface area (Å²) in [6.45, 7) is 0. The summed E-state index contributed by atoms with van der Waals surface area (Å²) in [7, 11) is 0. The minimum absolute atomic E-state index is 0.0597. The molecule has 62 heavy (non-hydrogen) atoms. The fourth-order valence-corrected chi connectivity index (χ4v) is 10.8. The highest BCUT2D eigenvalue weighted by atomic mass is 16.3. The molecule has 2 aliphatic carbocycles. The van der Waals surface area contributed by atoms with Crippen LogP contribution in [0, 0.1) is 0 Å². The van der Waals surface area contributed by atoms with Gasteiger partial charge < -0.3 is 8.83 Å². The first-order valence-electron chi connectivity index (χ1n) is 21.7. The van der Waals surface area contributed by atoms with Crippen LogP contribution in [0.25, 0.3) is 111 Å². The van der Waals surface area contributed by atoms with Gasteiger partial charge in [-0.05, 0) is 93.7 Å². The Hall–Kier alpha value is -7.63. The van der Waals surface area contributed by atoms with Crippen LogP contribution >= 0.6 is 0 Å². The van der Waals surface area contributed by atoms with Gasteiger partial charge >= 0.3 is 0 Å². The van der Waals surface area contributed by atoms with E-state index in [1.165, 1.54) is 65.5 Å². The Morgan fingerprint density at radius 1 is 0.355 bits per heavy atom. The van der Waals surface area contributed by atoms with Crippen LogP contribution in [0.5, 0.6) is 0 Å². The van der Waals surface area contributed by atoms with E-state index in [2.05, 4.69) is 115 Å². The number of fused-ring (bicyclic) bond motifs is 11. The first-order chi connectivity index (χ1) is 30.7. The van der Waals surface area contributed by atoms with Crippen molar-refractivity contribution in [3.8, 4) is 67.5 Å². The molecule has 0 N–H and O–H groups in total. The fraction of sp³-hybridized carbons (Fsp3) is 0.105. The van der Waals surface area contributed by atoms with Crippen LogP contribution in [0.3, 0.4) is 0 Å². The second kappa shape index (κ2) is 13.7. The highest BCUT2D eigenvalue weighted by molar-refractivity contribution is 6.10. The summed E-state index contributed by atoms with van der Waals surface area (Å²) in [5.41, 5.74) is 16.3. The maximum absolute atomic E-state index is 6.53. The van der Waals surface area contributed by atoms with Crippen molar-refractivity contribution >= 4 is 43.9 Å². The van der Waals surface area contributed by atoms with Gasteiger partial charge in [0.05, 0.1) is 11.1 Å². The van der Waals surface area contributed by atoms with Crippen LogP contribution in [0.15, 0.2) is 185 Å². The zero-order valence-corrected chi connectivity index (χ0v) is 33.9. The first kappa shape index (κ1) is 35.2. The molecule has 1 spiro atoms. The molecule has 294 valence electrons. The van der Waals surface area contributed by atoms with Crippen molar-refractivity contribution in [2.75, 3.05) is 0 Å². The van der Waals surface area contributed by atoms with Gasteiger partial charge in [0.25, 0.3) is 0 Å². The van der Waals surface area contributed by atoms with E-state index in [4.69, 9.17) is 23.8 Å². The number of hydrogen-bond acceptors (Lipinski definition) is 5. The lowest BCUT2D eigenvalue weighted by Gasteiger charge is -2.37. The third kappa shape index (κ3) is 5.31. The monoisotopic (exact) mass is 797 g/mol. The lowest BCUT2D eigenvalue weighted by molar-refractivity contribution is 0.353. The van der Waals surface area contributed by atoms with Gasteiger partial charge in [-0.2, -0.15) is 0 Å². The SMILES string of the molecule is c1cc(-c2cccc(-c3cccc4c3C3(CCCCC3)c3ccccc3-4)c2)cc(-c2nc(-c3cccc4c3oc3ccccc34)nc(-c3cccc4c3oc3ccccc34)n2)c1. The van der Waals surface area contributed by atoms with Gasteiger partial charge in [-0.25, -0.2) is 15.0 Å². The number of aromatic nitrogens is 3. The fourth-order valence-electron chi connectivity index (χ4n) is 10.8. The number of rotatable bonds is 5. The molecule has 1 saturated carbocycles. The van der Waals surface area contributed by atoms with Crippen molar-refractivity contribution in [3.63, 3.8) is 0 Å². The molecule has 0 atom stereocenters. The van der Waals surface area contributed by atoms with Crippen LogP contribution in [-0.4, -0.2) is 15.0 Å². The summed E-state index contributed by atoms with van der Waals surface area (Å²) in [6, 6.07) is 62.4. The highest BCUT2D eigenvalue weighted by Gasteiger charge is 2.45. The molecule has 8 aromatic carbocycles. The Kier molecular flexibility index (Phi) is 7.77. The minimum atomic E-state index is 0.0597. The van der Waals surface area contributed by atoms with Crippen molar-refractivity contribution in [2.45, 2.75) is 37.5 Å². The first-order valence-corrected chi connectivity index (χ1v) is 21.7. The lowest BCUT2D eigenvalue weighted by Crippen LogP contribution is -2.28. The van der Waals surface area contributed by atoms with Crippen LogP contribution in [0.2, 0.25) is 0 Å². The maximum Gasteiger partial charge on any atom is 0.167 e. The molecule has 0 radical (unpaired) electrons. The van der Waals surface area contributed by atoms with Crippen molar-refractivity contribution < 1.29 is 8.83 Å². The van der Waals surface area contributed by atoms with E-state index in [1.54, 1.807) is 0 Å². The molecule has 5 nitrogen and oxygen atoms in total. The summed E-state index contributed by atoms with van der Waals surface area (Å²) in [5.74, 6) is 1.64. The summed E-state index contributed by atoms with van der Waals surface area (Å²) >= 11 is 0. The summed E-state index contributed by atoms with van der Waals surface area (Å²) in [5, 5.41) is 4.15. The zero-order valence-electron chi connectivity index (χ0n) is 33.9. The Morgan fingerprint density at radius 3 is 1.50 bits per heavy atom. The van der Waals surface area contributed by atoms with Crippen LogP contribution in [0.1, 0.15) is 43.2 Å². The van der Waals surface area contributed by atoms with E-state index in [9.17, 15) is 0 Å². The molecule has 11 aromatic rings. The Morgan fingerprint density at radius 2 is 0.823 bits per heavy atom. The number of nitrogens with zero attached hydrogens (tertiary/aromatic N) is 3. The smallest absolute Gasteiger partial charge is 0.167 e. The zero-order chi connectivity index (χ0) is 40.8. The molecular formula is C57H39N3O2. The molecule has 0 saturated heterocycles. The topological polar surface area (TPSA) is 65.0 Å². The number of benzene rings is 8. The van der Waals surface area contributed by atoms with Gasteiger partial charge in [0.15, 0.2) is 17.5 Å². The molecule has 3 heterocycles. The predicted molar refractivity (Wildman–Crippen MR) is 251 cm³/mol. The largest absolute Gasteiger partial charge is 0.455 e. The van der Waals surface area contributed by atoms with E-state index in [-0.39, 0.29) is 5.41 Å². The molecule has 13 rings (SSSR count). The van der Waals surface area contributed by atoms with Crippen LogP contribution in [-0.2, 0) is 5.41 Å². The minimum Gasteiger partial charge on any atom is -0.455 e. The normalized spacial score (nSPS) is 14.3. The van der Waals surface area contributed by atoms with Crippen molar-refractivity contribution in [2.24, 2.45) is 0 Å². The van der Waals surface area contributed by atoms with Gasteiger partial charge in [-0.15, -0.1) is 0 Å². The molecule has 2 aliphatic rings. The van der Waals surface area contributed by atoms with Gasteiger partial charge in [0, 0.05) is 32.5 Å². The molecule has 5 heteroatoms. The number of hydrogen-bond donors (Lipinski definition) is 0. The number of furan rings is 2. The molecular weight excluding hydrogens is 759 g/mol. The third-order valence-electron chi connectivity index (χ3n) is 13.5. The molecule has 0 amide bonds. The highest BCUT2D eigenvalue weighted by Crippen LogP contribution is 2.58. The van der Waals surface area contributed by atoms with Crippen LogP contribution in [0.4, 0.5) is 0 Å². The average molecular weight is 798 g/mol. The molecule has 0 aliphatic heterocycles. The summed E-state index contributed by atoms with van der Waals surface area (Å²) in [4.78, 5) is 15.7. The number of para-hydroxylation sites is 4. The van der Waals surface area contributed by atoms with Gasteiger partial charge in [0.1, 0.15) is 22.3 Å². The lowest BCUT2D eigenvalue weighted by atomic mass is 9.66. The maximum atomic E-state index is 6.53. The van der Waals surface area contributed by atoms with Crippen LogP contribution < -0.4 is 0 Å². The second-order valence-electron chi connectivity index (χ2n) is 16.9. The third-order valence-corrected chi connectivity index (χ3v) is 13.5. The summed E-state index contributed by atoms with van der Waals surface area (Å²) < 4.78 is 13.1. The van der Waals surface area contributed by atoms with Crippen molar-refractivity contribution in [1.29, 1.82) is 0 Å². The average Bonchev–Trinajstić information content (AvgIpc) is 4.00. The van der Waals surface area contributed by atoms with Crippen molar-refractivity contribution in [3.05, 3.63) is 187 Å². The molecule has 0 unspecified atom stereocenters. The van der Waals surface area contributed by atoms with E-state index in [0.29, 0.717) is 17.5 Å². The molecule has 1 fully saturated rings. The Balaban J connectivity index is 0.966. The standard InChI is InChI=1S/C57H39N3O2/c1-8-31-57(32-9-1)48-28-5-2-19-40(48)43-23-12-22-39(51(43)57)37-17-10-15-35(33-37)36-16-11-18-38(34-36)54-58-55(46-26-13-24-44-41-20-3-6-29-49(41)61-52(44)46)60-56(59-54)47-27-14-25-45-42-21-4-7-30-50(42)62-53(45)47/h2-7,10-30,33-34H,1,8-9,31-32H2. The predicted octanol–water partition coefficient (Wildman–Crippen LogP) is 15.2. The summed E-state index contributed by atoms with van der Waals surface area (Å²) in [6.07, 6.45) is 6.22. The Bertz CT molecular complexity index is 3460. The van der Waals surface area contributed by atoms with Gasteiger partial charge in [-0.1, -0.05) is 159 Å². The van der Waals surface area contributed by atoms with Gasteiger partial charge in [-0.3, -0.25) is 0 Å². The molecule has 0 bridgehead atoms. The van der Waals surface area contributed by atoms with E-state index >= 15 is 0 Å². The molecule has 3 aromatic heterocycles. The van der Waals surface area contributed by atoms with E-state index in [1.807, 2.05) is 60.7 Å². The van der Waals surface area contributed by atoms with E-state index in [0.717, 1.165) is 71.7 Å². The Labute approximate surface area is 358 Å². The van der Waals surface area contributed by atoms with Gasteiger partial charge in [0.2, 0.25) is 0 Å².